The zero-order valence-electron chi connectivity index (χ0n) is 11.8. The molecular weight excluding hydrogens is 304 g/mol. The molecular formula is C15H14N2O4S. The first kappa shape index (κ1) is 15.7. The molecule has 2 aromatic carbocycles. The fourth-order valence-corrected chi connectivity index (χ4v) is 2.38. The van der Waals surface area contributed by atoms with Crippen LogP contribution in [-0.2, 0) is 14.8 Å². The summed E-state index contributed by atoms with van der Waals surface area (Å²) >= 11 is 0. The van der Waals surface area contributed by atoms with Gasteiger partial charge in [-0.3, -0.25) is 0 Å². The van der Waals surface area contributed by atoms with E-state index in [0.717, 1.165) is 12.0 Å². The summed E-state index contributed by atoms with van der Waals surface area (Å²) in [5.74, 6) is -0.623. The predicted molar refractivity (Wildman–Crippen MR) is 81.9 cm³/mol. The second kappa shape index (κ2) is 6.86. The molecule has 0 radical (unpaired) electrons. The lowest BCUT2D eigenvalue weighted by atomic mass is 10.2. The van der Waals surface area contributed by atoms with Crippen LogP contribution in [-0.4, -0.2) is 20.8 Å². The standard InChI is InChI=1S/C15H14N2O4S/c1-12-7-9-13(10-8-12)15(18)21-11-16-17-22(19,20)14-5-3-2-4-6-14/h2-11,17H,1H3. The van der Waals surface area contributed by atoms with Crippen molar-refractivity contribution in [3.8, 4) is 0 Å². The lowest BCUT2D eigenvalue weighted by Crippen LogP contribution is -2.18. The molecule has 0 saturated carbocycles. The highest BCUT2D eigenvalue weighted by Gasteiger charge is 2.11. The first-order valence-corrected chi connectivity index (χ1v) is 7.83. The van der Waals surface area contributed by atoms with E-state index >= 15 is 0 Å². The van der Waals surface area contributed by atoms with E-state index in [-0.39, 0.29) is 4.90 Å². The van der Waals surface area contributed by atoms with E-state index in [2.05, 4.69) is 5.10 Å². The Bertz CT molecular complexity index is 769. The first-order valence-electron chi connectivity index (χ1n) is 6.35. The zero-order chi connectivity index (χ0) is 16.0. The van der Waals surface area contributed by atoms with E-state index in [1.807, 2.05) is 11.8 Å². The van der Waals surface area contributed by atoms with Crippen LogP contribution in [0.1, 0.15) is 15.9 Å². The van der Waals surface area contributed by atoms with Crippen LogP contribution >= 0.6 is 0 Å². The maximum atomic E-state index is 11.8. The van der Waals surface area contributed by atoms with E-state index in [4.69, 9.17) is 4.74 Å². The molecule has 22 heavy (non-hydrogen) atoms. The molecule has 0 aliphatic carbocycles. The number of hydrogen-bond donors (Lipinski definition) is 1. The van der Waals surface area contributed by atoms with Gasteiger partial charge in [-0.05, 0) is 31.2 Å². The van der Waals surface area contributed by atoms with Crippen LogP contribution < -0.4 is 4.83 Å². The Morgan fingerprint density at radius 2 is 1.73 bits per heavy atom. The van der Waals surface area contributed by atoms with Gasteiger partial charge in [0.2, 0.25) is 6.40 Å². The summed E-state index contributed by atoms with van der Waals surface area (Å²) in [7, 11) is -3.77. The molecule has 0 fully saturated rings. The molecule has 0 spiro atoms. The molecule has 1 N–H and O–H groups in total. The number of sulfonamides is 1. The second-order valence-electron chi connectivity index (χ2n) is 4.41. The number of rotatable bonds is 5. The Balaban J connectivity index is 1.93. The average Bonchev–Trinajstić information content (AvgIpc) is 2.53. The van der Waals surface area contributed by atoms with Crippen molar-refractivity contribution in [1.82, 2.24) is 4.83 Å². The number of hydrazone groups is 1. The number of benzene rings is 2. The SMILES string of the molecule is Cc1ccc(C(=O)OC=NNS(=O)(=O)c2ccccc2)cc1. The Hall–Kier alpha value is -2.67. The van der Waals surface area contributed by atoms with Crippen molar-refractivity contribution in [1.29, 1.82) is 0 Å². The monoisotopic (exact) mass is 318 g/mol. The summed E-state index contributed by atoms with van der Waals surface area (Å²) in [6.45, 7) is 1.90. The summed E-state index contributed by atoms with van der Waals surface area (Å²) in [5, 5.41) is 3.40. The van der Waals surface area contributed by atoms with Gasteiger partial charge < -0.3 is 4.74 Å². The molecule has 0 bridgehead atoms. The number of hydrogen-bond acceptors (Lipinski definition) is 5. The van der Waals surface area contributed by atoms with Crippen LogP contribution in [0.3, 0.4) is 0 Å². The summed E-state index contributed by atoms with van der Waals surface area (Å²) in [5.41, 5.74) is 1.36. The van der Waals surface area contributed by atoms with Crippen LogP contribution in [0.5, 0.6) is 0 Å². The molecule has 0 atom stereocenters. The Labute approximate surface area is 128 Å². The molecule has 114 valence electrons. The third kappa shape index (κ3) is 4.16. The average molecular weight is 318 g/mol. The van der Waals surface area contributed by atoms with Gasteiger partial charge in [0.25, 0.3) is 10.0 Å². The normalized spacial score (nSPS) is 11.3. The molecule has 0 heterocycles. The van der Waals surface area contributed by atoms with Crippen LogP contribution in [0.2, 0.25) is 0 Å². The van der Waals surface area contributed by atoms with Crippen molar-refractivity contribution in [3.05, 3.63) is 65.7 Å². The zero-order valence-corrected chi connectivity index (χ0v) is 12.6. The largest absolute Gasteiger partial charge is 0.409 e. The fourth-order valence-electron chi connectivity index (χ4n) is 1.58. The molecule has 0 amide bonds. The van der Waals surface area contributed by atoms with Gasteiger partial charge in [0, 0.05) is 0 Å². The number of carbonyl (C=O) groups is 1. The fraction of sp³-hybridized carbons (Fsp3) is 0.0667. The molecule has 2 rings (SSSR count). The summed E-state index contributed by atoms with van der Waals surface area (Å²) in [4.78, 5) is 13.7. The lowest BCUT2D eigenvalue weighted by molar-refractivity contribution is 0.0727. The minimum Gasteiger partial charge on any atom is -0.409 e. The van der Waals surface area contributed by atoms with Gasteiger partial charge in [0.05, 0.1) is 10.5 Å². The number of nitrogens with zero attached hydrogens (tertiary/aromatic N) is 1. The smallest absolute Gasteiger partial charge is 0.344 e. The summed E-state index contributed by atoms with van der Waals surface area (Å²) < 4.78 is 28.4. The summed E-state index contributed by atoms with van der Waals surface area (Å²) in [6.07, 6.45) is 0.753. The van der Waals surface area contributed by atoms with Crippen LogP contribution in [0.25, 0.3) is 0 Å². The van der Waals surface area contributed by atoms with Gasteiger partial charge in [-0.15, -0.1) is 5.10 Å². The van der Waals surface area contributed by atoms with Gasteiger partial charge in [0.1, 0.15) is 0 Å². The van der Waals surface area contributed by atoms with Crippen molar-refractivity contribution >= 4 is 22.4 Å². The van der Waals surface area contributed by atoms with Crippen molar-refractivity contribution in [2.24, 2.45) is 5.10 Å². The van der Waals surface area contributed by atoms with Crippen molar-refractivity contribution in [3.63, 3.8) is 0 Å². The van der Waals surface area contributed by atoms with Gasteiger partial charge >= 0.3 is 5.97 Å². The van der Waals surface area contributed by atoms with Crippen molar-refractivity contribution in [2.75, 3.05) is 0 Å². The second-order valence-corrected chi connectivity index (χ2v) is 6.07. The Morgan fingerprint density at radius 3 is 2.36 bits per heavy atom. The van der Waals surface area contributed by atoms with Gasteiger partial charge in [-0.2, -0.15) is 13.2 Å². The number of carbonyl (C=O) groups excluding carboxylic acids is 1. The van der Waals surface area contributed by atoms with Crippen LogP contribution in [0.4, 0.5) is 0 Å². The van der Waals surface area contributed by atoms with Gasteiger partial charge in [-0.25, -0.2) is 4.79 Å². The van der Waals surface area contributed by atoms with E-state index in [1.165, 1.54) is 12.1 Å². The minimum atomic E-state index is -3.77. The molecule has 2 aromatic rings. The quantitative estimate of drug-likeness (QED) is 0.396. The molecule has 7 heteroatoms. The van der Waals surface area contributed by atoms with Crippen LogP contribution in [0.15, 0.2) is 64.6 Å². The highest BCUT2D eigenvalue weighted by molar-refractivity contribution is 7.89. The number of esters is 1. The summed E-state index contributed by atoms with van der Waals surface area (Å²) in [6, 6.07) is 14.5. The van der Waals surface area contributed by atoms with E-state index in [0.29, 0.717) is 5.56 Å². The molecule has 0 saturated heterocycles. The highest BCUT2D eigenvalue weighted by Crippen LogP contribution is 2.07. The lowest BCUT2D eigenvalue weighted by Gasteiger charge is -2.02. The highest BCUT2D eigenvalue weighted by atomic mass is 32.2. The molecule has 0 aliphatic rings. The Morgan fingerprint density at radius 1 is 1.09 bits per heavy atom. The van der Waals surface area contributed by atoms with Crippen LogP contribution in [0, 0.1) is 6.92 Å². The number of ether oxygens (including phenoxy) is 1. The Kier molecular flexibility index (Phi) is 4.90. The third-order valence-electron chi connectivity index (χ3n) is 2.73. The van der Waals surface area contributed by atoms with E-state index < -0.39 is 16.0 Å². The predicted octanol–water partition coefficient (Wildman–Crippen LogP) is 2.07. The van der Waals surface area contributed by atoms with Gasteiger partial charge in [0.15, 0.2) is 0 Å². The van der Waals surface area contributed by atoms with Crippen molar-refractivity contribution in [2.45, 2.75) is 11.8 Å². The van der Waals surface area contributed by atoms with E-state index in [1.54, 1.807) is 42.5 Å². The number of aryl methyl sites for hydroxylation is 1. The molecule has 0 aliphatic heterocycles. The maximum Gasteiger partial charge on any atom is 0.344 e. The molecule has 0 aromatic heterocycles. The third-order valence-corrected chi connectivity index (χ3v) is 3.96. The molecule has 0 unspecified atom stereocenters. The number of nitrogens with one attached hydrogen (secondary N) is 1. The topological polar surface area (TPSA) is 84.8 Å². The molecule has 6 nitrogen and oxygen atoms in total. The minimum absolute atomic E-state index is 0.0667. The van der Waals surface area contributed by atoms with E-state index in [9.17, 15) is 13.2 Å². The van der Waals surface area contributed by atoms with Crippen molar-refractivity contribution < 1.29 is 17.9 Å². The maximum absolute atomic E-state index is 11.8. The first-order chi connectivity index (χ1) is 10.5. The van der Waals surface area contributed by atoms with Gasteiger partial charge in [-0.1, -0.05) is 35.9 Å².